The number of hydrogen-bond acceptors (Lipinski definition) is 3. The quantitative estimate of drug-likeness (QED) is 0.820. The first-order valence-corrected chi connectivity index (χ1v) is 7.63. The summed E-state index contributed by atoms with van der Waals surface area (Å²) in [7, 11) is 0. The van der Waals surface area contributed by atoms with Crippen molar-refractivity contribution in [2.75, 3.05) is 6.54 Å². The molecule has 0 aliphatic heterocycles. The molecule has 0 saturated heterocycles. The van der Waals surface area contributed by atoms with Gasteiger partial charge in [-0.3, -0.25) is 0 Å². The molecule has 0 atom stereocenters. The monoisotopic (exact) mass is 277 g/mol. The van der Waals surface area contributed by atoms with E-state index in [0.29, 0.717) is 0 Å². The Hall–Kier alpha value is -1.13. The second kappa shape index (κ2) is 6.35. The fourth-order valence-corrected chi connectivity index (χ4v) is 2.93. The van der Waals surface area contributed by atoms with E-state index in [1.54, 1.807) is 0 Å². The van der Waals surface area contributed by atoms with E-state index in [1.807, 2.05) is 30.1 Å². The maximum atomic E-state index is 4.04. The molecule has 2 aromatic rings. The number of nitrogens with zero attached hydrogens (tertiary/aromatic N) is 2. The molecule has 0 aliphatic rings. The van der Waals surface area contributed by atoms with Crippen molar-refractivity contribution in [1.29, 1.82) is 0 Å². The van der Waals surface area contributed by atoms with Crippen LogP contribution in [0.15, 0.2) is 30.9 Å². The highest BCUT2D eigenvalue weighted by Gasteiger charge is 2.15. The highest BCUT2D eigenvalue weighted by Crippen LogP contribution is 2.29. The third-order valence-corrected chi connectivity index (χ3v) is 4.54. The summed E-state index contributed by atoms with van der Waals surface area (Å²) in [5.41, 5.74) is 0.268. The average molecular weight is 277 g/mol. The fourth-order valence-electron chi connectivity index (χ4n) is 1.89. The molecule has 3 nitrogen and oxygen atoms in total. The number of aromatic nitrogens is 2. The Balaban J connectivity index is 1.67. The first kappa shape index (κ1) is 14.3. The molecule has 0 amide bonds. The Kier molecular flexibility index (Phi) is 4.77. The molecule has 0 unspecified atom stereocenters. The van der Waals surface area contributed by atoms with Crippen LogP contribution in [0.3, 0.4) is 0 Å². The van der Waals surface area contributed by atoms with Gasteiger partial charge in [0.1, 0.15) is 0 Å². The van der Waals surface area contributed by atoms with Gasteiger partial charge in [-0.1, -0.05) is 20.8 Å². The number of thiophene rings is 1. The van der Waals surface area contributed by atoms with Gasteiger partial charge in [0, 0.05) is 35.2 Å². The maximum Gasteiger partial charge on any atom is 0.0945 e. The molecule has 0 aromatic carbocycles. The molecule has 0 radical (unpaired) electrons. The molecule has 2 heterocycles. The lowest BCUT2D eigenvalue weighted by Gasteiger charge is -2.15. The van der Waals surface area contributed by atoms with E-state index < -0.39 is 0 Å². The van der Waals surface area contributed by atoms with Crippen molar-refractivity contribution in [3.63, 3.8) is 0 Å². The zero-order valence-electron chi connectivity index (χ0n) is 12.0. The first-order chi connectivity index (χ1) is 9.05. The van der Waals surface area contributed by atoms with Crippen molar-refractivity contribution >= 4 is 11.3 Å². The van der Waals surface area contributed by atoms with E-state index in [-0.39, 0.29) is 5.41 Å². The standard InChI is InChI=1S/C15H23N3S/c1-15(2,3)14-6-5-13(19-14)11-16-7-4-9-18-10-8-17-12-18/h5-6,8,10,12,16H,4,7,9,11H2,1-3H3. The SMILES string of the molecule is CC(C)(C)c1ccc(CNCCCn2ccnc2)s1. The number of nitrogens with one attached hydrogen (secondary N) is 1. The molecule has 0 fully saturated rings. The Morgan fingerprint density at radius 1 is 1.32 bits per heavy atom. The van der Waals surface area contributed by atoms with Gasteiger partial charge in [-0.25, -0.2) is 4.98 Å². The molecule has 104 valence electrons. The summed E-state index contributed by atoms with van der Waals surface area (Å²) in [5, 5.41) is 3.51. The van der Waals surface area contributed by atoms with Gasteiger partial charge in [-0.15, -0.1) is 11.3 Å². The van der Waals surface area contributed by atoms with Crippen LogP contribution >= 0.6 is 11.3 Å². The lowest BCUT2D eigenvalue weighted by Crippen LogP contribution is -2.15. The van der Waals surface area contributed by atoms with Crippen molar-refractivity contribution in [3.05, 3.63) is 40.6 Å². The van der Waals surface area contributed by atoms with Gasteiger partial charge in [0.25, 0.3) is 0 Å². The van der Waals surface area contributed by atoms with E-state index >= 15 is 0 Å². The summed E-state index contributed by atoms with van der Waals surface area (Å²) >= 11 is 1.92. The van der Waals surface area contributed by atoms with Crippen LogP contribution < -0.4 is 5.32 Å². The van der Waals surface area contributed by atoms with Crippen LogP contribution in [0.5, 0.6) is 0 Å². The lowest BCUT2D eigenvalue weighted by molar-refractivity contribution is 0.583. The van der Waals surface area contributed by atoms with E-state index in [0.717, 1.165) is 26.1 Å². The average Bonchev–Trinajstić information content (AvgIpc) is 2.97. The molecule has 4 heteroatoms. The summed E-state index contributed by atoms with van der Waals surface area (Å²) in [6.07, 6.45) is 6.84. The maximum absolute atomic E-state index is 4.04. The van der Waals surface area contributed by atoms with Crippen molar-refractivity contribution in [2.45, 2.75) is 45.7 Å². The fraction of sp³-hybridized carbons (Fsp3) is 0.533. The molecule has 0 saturated carbocycles. The Bertz CT molecular complexity index is 480. The van der Waals surface area contributed by atoms with Crippen molar-refractivity contribution in [2.24, 2.45) is 0 Å². The summed E-state index contributed by atoms with van der Waals surface area (Å²) in [5.74, 6) is 0. The van der Waals surface area contributed by atoms with Crippen LogP contribution in [-0.4, -0.2) is 16.1 Å². The molecule has 0 bridgehead atoms. The van der Waals surface area contributed by atoms with Crippen molar-refractivity contribution < 1.29 is 0 Å². The van der Waals surface area contributed by atoms with Gasteiger partial charge in [0.05, 0.1) is 6.33 Å². The van der Waals surface area contributed by atoms with Crippen LogP contribution in [0, 0.1) is 0 Å². The minimum atomic E-state index is 0.268. The largest absolute Gasteiger partial charge is 0.337 e. The summed E-state index contributed by atoms with van der Waals surface area (Å²) in [6.45, 7) is 9.85. The number of imidazole rings is 1. The van der Waals surface area contributed by atoms with Crippen LogP contribution in [0.1, 0.15) is 36.9 Å². The van der Waals surface area contributed by atoms with Gasteiger partial charge < -0.3 is 9.88 Å². The Labute approximate surface area is 119 Å². The summed E-state index contributed by atoms with van der Waals surface area (Å²) < 4.78 is 2.12. The number of aryl methyl sites for hydroxylation is 1. The van der Waals surface area contributed by atoms with E-state index in [1.165, 1.54) is 9.75 Å². The van der Waals surface area contributed by atoms with Gasteiger partial charge >= 0.3 is 0 Å². The molecule has 0 aliphatic carbocycles. The van der Waals surface area contributed by atoms with Crippen LogP contribution in [0.4, 0.5) is 0 Å². The topological polar surface area (TPSA) is 29.9 Å². The predicted octanol–water partition coefficient (Wildman–Crippen LogP) is 3.42. The van der Waals surface area contributed by atoms with Gasteiger partial charge in [0.15, 0.2) is 0 Å². The molecular formula is C15H23N3S. The van der Waals surface area contributed by atoms with Crippen LogP contribution in [-0.2, 0) is 18.5 Å². The van der Waals surface area contributed by atoms with E-state index in [9.17, 15) is 0 Å². The lowest BCUT2D eigenvalue weighted by atomic mass is 9.95. The minimum absolute atomic E-state index is 0.268. The number of rotatable bonds is 6. The van der Waals surface area contributed by atoms with E-state index in [2.05, 4.69) is 47.8 Å². The van der Waals surface area contributed by atoms with Crippen LogP contribution in [0.25, 0.3) is 0 Å². The zero-order chi connectivity index (χ0) is 13.7. The highest BCUT2D eigenvalue weighted by molar-refractivity contribution is 7.12. The van der Waals surface area contributed by atoms with Gasteiger partial charge in [-0.2, -0.15) is 0 Å². The summed E-state index contributed by atoms with van der Waals surface area (Å²) in [4.78, 5) is 6.92. The summed E-state index contributed by atoms with van der Waals surface area (Å²) in [6, 6.07) is 4.50. The Morgan fingerprint density at radius 2 is 2.16 bits per heavy atom. The molecule has 0 spiro atoms. The number of hydrogen-bond donors (Lipinski definition) is 1. The molecule has 2 rings (SSSR count). The molecular weight excluding hydrogens is 254 g/mol. The molecule has 19 heavy (non-hydrogen) atoms. The van der Waals surface area contributed by atoms with Crippen molar-refractivity contribution in [1.82, 2.24) is 14.9 Å². The van der Waals surface area contributed by atoms with Crippen LogP contribution in [0.2, 0.25) is 0 Å². The molecule has 2 aromatic heterocycles. The third kappa shape index (κ3) is 4.48. The second-order valence-electron chi connectivity index (χ2n) is 5.85. The third-order valence-electron chi connectivity index (χ3n) is 3.03. The van der Waals surface area contributed by atoms with E-state index in [4.69, 9.17) is 0 Å². The first-order valence-electron chi connectivity index (χ1n) is 6.81. The minimum Gasteiger partial charge on any atom is -0.337 e. The van der Waals surface area contributed by atoms with Crippen molar-refractivity contribution in [3.8, 4) is 0 Å². The smallest absolute Gasteiger partial charge is 0.0945 e. The highest BCUT2D eigenvalue weighted by atomic mass is 32.1. The van der Waals surface area contributed by atoms with Gasteiger partial charge in [-0.05, 0) is 30.5 Å². The zero-order valence-corrected chi connectivity index (χ0v) is 12.8. The van der Waals surface area contributed by atoms with Gasteiger partial charge in [0.2, 0.25) is 0 Å². The second-order valence-corrected chi connectivity index (χ2v) is 7.02. The molecule has 1 N–H and O–H groups in total. The Morgan fingerprint density at radius 3 is 2.79 bits per heavy atom. The predicted molar refractivity (Wildman–Crippen MR) is 81.6 cm³/mol. The normalized spacial score (nSPS) is 11.9.